The first kappa shape index (κ1) is 20.2. The molecule has 0 radical (unpaired) electrons. The van der Waals surface area contributed by atoms with Gasteiger partial charge in [-0.2, -0.15) is 0 Å². The molecule has 148 valence electrons. The van der Waals surface area contributed by atoms with E-state index in [2.05, 4.69) is 47.6 Å². The zero-order valence-corrected chi connectivity index (χ0v) is 18.9. The van der Waals surface area contributed by atoms with Gasteiger partial charge in [-0.05, 0) is 91.4 Å². The molecule has 2 saturated carbocycles. The second-order valence-corrected chi connectivity index (χ2v) is 10.2. The summed E-state index contributed by atoms with van der Waals surface area (Å²) < 4.78 is 0. The Kier molecular flexibility index (Phi) is 5.55. The summed E-state index contributed by atoms with van der Waals surface area (Å²) in [6.07, 6.45) is 12.4. The van der Waals surface area contributed by atoms with Crippen molar-refractivity contribution in [3.05, 3.63) is 22.8 Å². The van der Waals surface area contributed by atoms with Gasteiger partial charge in [-0.1, -0.05) is 72.1 Å². The molecule has 0 heterocycles. The fraction of sp³-hybridized carbons (Fsp3) is 0.846. The van der Waals surface area contributed by atoms with E-state index >= 15 is 0 Å². The Balaban J connectivity index is 0.000000948. The molecule has 0 amide bonds. The Hall–Kier alpha value is -0.520. The zero-order chi connectivity index (χ0) is 19.3. The molecule has 4 aliphatic carbocycles. The lowest BCUT2D eigenvalue weighted by atomic mass is 9.45. The summed E-state index contributed by atoms with van der Waals surface area (Å²) in [6, 6.07) is 0. The number of hydrogen-bond donors (Lipinski definition) is 0. The summed E-state index contributed by atoms with van der Waals surface area (Å²) in [5.74, 6) is 4.56. The fourth-order valence-electron chi connectivity index (χ4n) is 8.29. The van der Waals surface area contributed by atoms with E-state index in [0.29, 0.717) is 10.8 Å². The molecule has 0 aromatic carbocycles. The second kappa shape index (κ2) is 7.14. The average Bonchev–Trinajstić information content (AvgIpc) is 2.80. The van der Waals surface area contributed by atoms with Crippen molar-refractivity contribution in [2.45, 2.75) is 100 Å². The summed E-state index contributed by atoms with van der Waals surface area (Å²) in [5, 5.41) is 0. The molecule has 0 aromatic heterocycles. The van der Waals surface area contributed by atoms with Crippen molar-refractivity contribution >= 4 is 0 Å². The molecule has 0 aliphatic heterocycles. The molecule has 0 nitrogen and oxygen atoms in total. The van der Waals surface area contributed by atoms with Crippen LogP contribution in [0.15, 0.2) is 22.8 Å². The minimum Gasteiger partial charge on any atom is -0.0727 e. The van der Waals surface area contributed by atoms with Crippen molar-refractivity contribution < 1.29 is 0 Å². The standard InChI is InChI=1S/C24H38.C2H6/c1-7-21-16(3)17(4)23(5)13-12-20-19-10-8-15(2)14-18(19)9-11-22(20)24(21,23)6;1-2/h14,16-17,20-22H,7-13H2,1-6H3;1-2H3. The molecule has 0 saturated heterocycles. The molecule has 26 heavy (non-hydrogen) atoms. The van der Waals surface area contributed by atoms with E-state index in [9.17, 15) is 0 Å². The molecule has 7 unspecified atom stereocenters. The van der Waals surface area contributed by atoms with Gasteiger partial charge in [0, 0.05) is 0 Å². The number of fused-ring (bicyclic) bond motifs is 4. The molecule has 0 heteroatoms. The third-order valence-corrected chi connectivity index (χ3v) is 9.89. The lowest BCUT2D eigenvalue weighted by molar-refractivity contribution is -0.0868. The van der Waals surface area contributed by atoms with Gasteiger partial charge in [0.05, 0.1) is 0 Å². The first-order valence-corrected chi connectivity index (χ1v) is 11.7. The lowest BCUT2D eigenvalue weighted by Gasteiger charge is -2.60. The van der Waals surface area contributed by atoms with Gasteiger partial charge in [0.25, 0.3) is 0 Å². The van der Waals surface area contributed by atoms with Crippen LogP contribution in [0, 0.1) is 40.4 Å². The molecule has 0 N–H and O–H groups in total. The third-order valence-electron chi connectivity index (χ3n) is 9.89. The smallest absolute Gasteiger partial charge is 0.0163 e. The monoisotopic (exact) mass is 356 g/mol. The van der Waals surface area contributed by atoms with Crippen LogP contribution in [0.5, 0.6) is 0 Å². The maximum Gasteiger partial charge on any atom is -0.0163 e. The molecule has 0 bridgehead atoms. The van der Waals surface area contributed by atoms with E-state index < -0.39 is 0 Å². The van der Waals surface area contributed by atoms with Crippen LogP contribution < -0.4 is 0 Å². The lowest BCUT2D eigenvalue weighted by Crippen LogP contribution is -2.52. The van der Waals surface area contributed by atoms with Crippen molar-refractivity contribution in [1.29, 1.82) is 0 Å². The van der Waals surface area contributed by atoms with Gasteiger partial charge in [0.2, 0.25) is 0 Å². The van der Waals surface area contributed by atoms with Crippen LogP contribution in [-0.2, 0) is 0 Å². The van der Waals surface area contributed by atoms with Gasteiger partial charge >= 0.3 is 0 Å². The first-order valence-electron chi connectivity index (χ1n) is 11.7. The quantitative estimate of drug-likeness (QED) is 0.444. The van der Waals surface area contributed by atoms with Gasteiger partial charge in [-0.15, -0.1) is 0 Å². The highest BCUT2D eigenvalue weighted by atomic mass is 14.7. The zero-order valence-electron chi connectivity index (χ0n) is 18.9. The second-order valence-electron chi connectivity index (χ2n) is 10.2. The molecule has 4 aliphatic rings. The summed E-state index contributed by atoms with van der Waals surface area (Å²) in [5.41, 5.74) is 6.38. The normalized spacial score (nSPS) is 47.2. The maximum atomic E-state index is 2.73. The summed E-state index contributed by atoms with van der Waals surface area (Å²) >= 11 is 0. The Labute approximate surface area is 163 Å². The summed E-state index contributed by atoms with van der Waals surface area (Å²) in [4.78, 5) is 0. The predicted octanol–water partition coefficient (Wildman–Crippen LogP) is 8.19. The van der Waals surface area contributed by atoms with Crippen LogP contribution in [-0.4, -0.2) is 0 Å². The van der Waals surface area contributed by atoms with Crippen LogP contribution in [0.2, 0.25) is 0 Å². The molecule has 4 rings (SSSR count). The van der Waals surface area contributed by atoms with Crippen LogP contribution in [0.1, 0.15) is 100 Å². The molecule has 0 aromatic rings. The van der Waals surface area contributed by atoms with Crippen molar-refractivity contribution in [3.8, 4) is 0 Å². The Morgan fingerprint density at radius 2 is 1.73 bits per heavy atom. The van der Waals surface area contributed by atoms with Crippen LogP contribution >= 0.6 is 0 Å². The maximum absolute atomic E-state index is 2.73. The highest BCUT2D eigenvalue weighted by molar-refractivity contribution is 5.38. The van der Waals surface area contributed by atoms with E-state index in [0.717, 1.165) is 29.6 Å². The van der Waals surface area contributed by atoms with Crippen molar-refractivity contribution in [2.75, 3.05) is 0 Å². The van der Waals surface area contributed by atoms with Gasteiger partial charge < -0.3 is 0 Å². The average molecular weight is 357 g/mol. The summed E-state index contributed by atoms with van der Waals surface area (Å²) in [7, 11) is 0. The fourth-order valence-corrected chi connectivity index (χ4v) is 8.29. The van der Waals surface area contributed by atoms with E-state index in [4.69, 9.17) is 0 Å². The summed E-state index contributed by atoms with van der Waals surface area (Å²) in [6.45, 7) is 19.4. The van der Waals surface area contributed by atoms with Crippen molar-refractivity contribution in [3.63, 3.8) is 0 Å². The van der Waals surface area contributed by atoms with Gasteiger partial charge in [-0.25, -0.2) is 0 Å². The number of hydrogen-bond acceptors (Lipinski definition) is 0. The van der Waals surface area contributed by atoms with E-state index in [1.807, 2.05) is 19.4 Å². The Morgan fingerprint density at radius 1 is 1.04 bits per heavy atom. The minimum atomic E-state index is 0.554. The predicted molar refractivity (Wildman–Crippen MR) is 115 cm³/mol. The molecule has 7 atom stereocenters. The van der Waals surface area contributed by atoms with Crippen LogP contribution in [0.25, 0.3) is 0 Å². The minimum absolute atomic E-state index is 0.554. The largest absolute Gasteiger partial charge is 0.0727 e. The first-order chi connectivity index (χ1) is 12.3. The molecular weight excluding hydrogens is 312 g/mol. The Morgan fingerprint density at radius 3 is 2.38 bits per heavy atom. The van der Waals surface area contributed by atoms with Crippen LogP contribution in [0.3, 0.4) is 0 Å². The highest BCUT2D eigenvalue weighted by Crippen LogP contribution is 2.73. The van der Waals surface area contributed by atoms with E-state index in [1.54, 1.807) is 11.1 Å². The number of rotatable bonds is 1. The topological polar surface area (TPSA) is 0 Å². The van der Waals surface area contributed by atoms with Crippen molar-refractivity contribution in [2.24, 2.45) is 40.4 Å². The van der Waals surface area contributed by atoms with Gasteiger partial charge in [0.15, 0.2) is 0 Å². The molecule has 2 fully saturated rings. The molecular formula is C26H44. The SMILES string of the molecule is CC.CCC1C(C)C(C)C2(C)CCC3C4=C(C=C(C)CC4)CCC3C12C. The van der Waals surface area contributed by atoms with E-state index in [1.165, 1.54) is 44.9 Å². The van der Waals surface area contributed by atoms with Crippen LogP contribution in [0.4, 0.5) is 0 Å². The number of allylic oxidation sites excluding steroid dienone is 4. The molecule has 0 spiro atoms. The third kappa shape index (κ3) is 2.53. The van der Waals surface area contributed by atoms with Gasteiger partial charge in [-0.3, -0.25) is 0 Å². The van der Waals surface area contributed by atoms with Gasteiger partial charge in [0.1, 0.15) is 0 Å². The highest BCUT2D eigenvalue weighted by Gasteiger charge is 2.66. The van der Waals surface area contributed by atoms with E-state index in [-0.39, 0.29) is 0 Å². The Bertz CT molecular complexity index is 593. The van der Waals surface area contributed by atoms with Crippen molar-refractivity contribution in [1.82, 2.24) is 0 Å².